The molecule has 0 aromatic carbocycles. The zero-order valence-corrected chi connectivity index (χ0v) is 11.3. The molecule has 1 aromatic rings. The first-order valence-electron chi connectivity index (χ1n) is 6.55. The van der Waals surface area contributed by atoms with E-state index in [-0.39, 0.29) is 0 Å². The molecule has 0 atom stereocenters. The Bertz CT molecular complexity index is 295. The van der Waals surface area contributed by atoms with Gasteiger partial charge >= 0.3 is 0 Å². The molecule has 0 saturated heterocycles. The Kier molecular flexibility index (Phi) is 6.89. The Morgan fingerprint density at radius 1 is 1.41 bits per heavy atom. The van der Waals surface area contributed by atoms with Crippen molar-refractivity contribution in [2.45, 2.75) is 45.7 Å². The van der Waals surface area contributed by atoms with Crippen LogP contribution in [0, 0.1) is 0 Å². The van der Waals surface area contributed by atoms with Gasteiger partial charge in [0.15, 0.2) is 0 Å². The number of nitrogens with one attached hydrogen (secondary N) is 1. The van der Waals surface area contributed by atoms with Gasteiger partial charge in [0.2, 0.25) is 0 Å². The van der Waals surface area contributed by atoms with Crippen molar-refractivity contribution < 1.29 is 4.74 Å². The van der Waals surface area contributed by atoms with Gasteiger partial charge in [-0.3, -0.25) is 4.68 Å². The molecule has 4 heteroatoms. The highest BCUT2D eigenvalue weighted by Crippen LogP contribution is 2.14. The molecular weight excluding hydrogens is 214 g/mol. The van der Waals surface area contributed by atoms with E-state index >= 15 is 0 Å². The first-order valence-corrected chi connectivity index (χ1v) is 6.55. The summed E-state index contributed by atoms with van der Waals surface area (Å²) in [5.41, 5.74) is 1.12. The van der Waals surface area contributed by atoms with Crippen LogP contribution >= 0.6 is 0 Å². The number of hydrogen-bond donors (Lipinski definition) is 1. The van der Waals surface area contributed by atoms with Gasteiger partial charge in [0.05, 0.1) is 11.7 Å². The average Bonchev–Trinajstić information content (AvgIpc) is 2.79. The minimum atomic E-state index is 0.539. The van der Waals surface area contributed by atoms with Crippen LogP contribution in [0.3, 0.4) is 0 Å². The minimum Gasteiger partial charge on any atom is -0.385 e. The van der Waals surface area contributed by atoms with Gasteiger partial charge in [-0.15, -0.1) is 0 Å². The summed E-state index contributed by atoms with van der Waals surface area (Å²) in [5, 5.41) is 7.96. The van der Waals surface area contributed by atoms with Crippen LogP contribution in [-0.4, -0.2) is 30.0 Å². The Hall–Kier alpha value is -0.870. The molecule has 4 nitrogen and oxygen atoms in total. The zero-order chi connectivity index (χ0) is 12.5. The molecule has 0 aliphatic carbocycles. The number of hydrogen-bond acceptors (Lipinski definition) is 3. The lowest BCUT2D eigenvalue weighted by molar-refractivity contribution is 0.194. The van der Waals surface area contributed by atoms with Crippen molar-refractivity contribution in [3.63, 3.8) is 0 Å². The molecule has 0 bridgehead atoms. The smallest absolute Gasteiger partial charge is 0.0762 e. The van der Waals surface area contributed by atoms with E-state index < -0.39 is 0 Å². The van der Waals surface area contributed by atoms with E-state index in [9.17, 15) is 0 Å². The highest BCUT2D eigenvalue weighted by Gasteiger charge is 2.07. The van der Waals surface area contributed by atoms with E-state index in [1.165, 1.54) is 0 Å². The molecule has 0 aliphatic heterocycles. The SMILES string of the molecule is CCC(CC)n1ccc(CNCCCOC)n1. The highest BCUT2D eigenvalue weighted by molar-refractivity contribution is 4.99. The van der Waals surface area contributed by atoms with Crippen LogP contribution in [0.15, 0.2) is 12.3 Å². The Labute approximate surface area is 104 Å². The predicted octanol–water partition coefficient (Wildman–Crippen LogP) is 2.37. The zero-order valence-electron chi connectivity index (χ0n) is 11.3. The lowest BCUT2D eigenvalue weighted by atomic mass is 10.2. The van der Waals surface area contributed by atoms with Crippen LogP contribution in [-0.2, 0) is 11.3 Å². The molecule has 1 rings (SSSR count). The van der Waals surface area contributed by atoms with Gasteiger partial charge < -0.3 is 10.1 Å². The first-order chi connectivity index (χ1) is 8.31. The third-order valence-electron chi connectivity index (χ3n) is 2.99. The first kappa shape index (κ1) is 14.2. The third kappa shape index (κ3) is 4.88. The number of nitrogens with zero attached hydrogens (tertiary/aromatic N) is 2. The summed E-state index contributed by atoms with van der Waals surface area (Å²) >= 11 is 0. The van der Waals surface area contributed by atoms with Crippen molar-refractivity contribution in [1.82, 2.24) is 15.1 Å². The van der Waals surface area contributed by atoms with Gasteiger partial charge in [-0.05, 0) is 31.9 Å². The molecule has 0 spiro atoms. The van der Waals surface area contributed by atoms with Crippen molar-refractivity contribution in [2.24, 2.45) is 0 Å². The van der Waals surface area contributed by atoms with Gasteiger partial charge in [0.25, 0.3) is 0 Å². The Balaban J connectivity index is 2.30. The molecule has 0 amide bonds. The van der Waals surface area contributed by atoms with E-state index in [1.807, 2.05) is 0 Å². The van der Waals surface area contributed by atoms with Gasteiger partial charge in [-0.25, -0.2) is 0 Å². The maximum Gasteiger partial charge on any atom is 0.0762 e. The quantitative estimate of drug-likeness (QED) is 0.672. The lowest BCUT2D eigenvalue weighted by Crippen LogP contribution is -2.17. The number of ether oxygens (including phenoxy) is 1. The second-order valence-corrected chi connectivity index (χ2v) is 4.28. The minimum absolute atomic E-state index is 0.539. The van der Waals surface area contributed by atoms with Crippen molar-refractivity contribution in [2.75, 3.05) is 20.3 Å². The monoisotopic (exact) mass is 239 g/mol. The Morgan fingerprint density at radius 3 is 2.82 bits per heavy atom. The van der Waals surface area contributed by atoms with Crippen LogP contribution in [0.5, 0.6) is 0 Å². The lowest BCUT2D eigenvalue weighted by Gasteiger charge is -2.12. The molecule has 1 N–H and O–H groups in total. The molecule has 0 aliphatic rings. The fourth-order valence-electron chi connectivity index (χ4n) is 1.90. The van der Waals surface area contributed by atoms with Gasteiger partial charge in [0, 0.05) is 26.5 Å². The maximum absolute atomic E-state index is 5.00. The summed E-state index contributed by atoms with van der Waals surface area (Å²) in [5.74, 6) is 0. The summed E-state index contributed by atoms with van der Waals surface area (Å²) < 4.78 is 7.09. The molecule has 0 unspecified atom stereocenters. The standard InChI is InChI=1S/C13H25N3O/c1-4-13(5-2)16-9-7-12(15-16)11-14-8-6-10-17-3/h7,9,13-14H,4-6,8,10-11H2,1-3H3. The predicted molar refractivity (Wildman–Crippen MR) is 70.0 cm³/mol. The maximum atomic E-state index is 5.00. The molecule has 1 heterocycles. The van der Waals surface area contributed by atoms with Crippen molar-refractivity contribution in [3.05, 3.63) is 18.0 Å². The number of aromatic nitrogens is 2. The molecule has 0 fully saturated rings. The van der Waals surface area contributed by atoms with E-state index in [4.69, 9.17) is 4.74 Å². The van der Waals surface area contributed by atoms with Gasteiger partial charge in [0.1, 0.15) is 0 Å². The Morgan fingerprint density at radius 2 is 2.18 bits per heavy atom. The van der Waals surface area contributed by atoms with Crippen LogP contribution in [0.4, 0.5) is 0 Å². The molecule has 1 aromatic heterocycles. The van der Waals surface area contributed by atoms with E-state index in [0.29, 0.717) is 6.04 Å². The summed E-state index contributed by atoms with van der Waals surface area (Å²) in [6.07, 6.45) is 5.41. The van der Waals surface area contributed by atoms with Crippen LogP contribution in [0.2, 0.25) is 0 Å². The third-order valence-corrected chi connectivity index (χ3v) is 2.99. The summed E-state index contributed by atoms with van der Waals surface area (Å²) in [4.78, 5) is 0. The van der Waals surface area contributed by atoms with Crippen molar-refractivity contribution in [3.8, 4) is 0 Å². The topological polar surface area (TPSA) is 39.1 Å². The fourth-order valence-corrected chi connectivity index (χ4v) is 1.90. The average molecular weight is 239 g/mol. The van der Waals surface area contributed by atoms with Gasteiger partial charge in [-0.1, -0.05) is 13.8 Å². The molecule has 0 saturated carbocycles. The second-order valence-electron chi connectivity index (χ2n) is 4.28. The van der Waals surface area contributed by atoms with Gasteiger partial charge in [-0.2, -0.15) is 5.10 Å². The molecular formula is C13H25N3O. The van der Waals surface area contributed by atoms with E-state index in [2.05, 4.69) is 41.2 Å². The molecule has 0 radical (unpaired) electrons. The summed E-state index contributed by atoms with van der Waals surface area (Å²) in [7, 11) is 1.73. The van der Waals surface area contributed by atoms with Crippen molar-refractivity contribution >= 4 is 0 Å². The van der Waals surface area contributed by atoms with Crippen LogP contribution in [0.25, 0.3) is 0 Å². The largest absolute Gasteiger partial charge is 0.385 e. The molecule has 17 heavy (non-hydrogen) atoms. The van der Waals surface area contributed by atoms with E-state index in [0.717, 1.165) is 44.7 Å². The van der Waals surface area contributed by atoms with Crippen LogP contribution < -0.4 is 5.32 Å². The number of rotatable bonds is 9. The summed E-state index contributed by atoms with van der Waals surface area (Å²) in [6.45, 7) is 7.05. The molecule has 98 valence electrons. The highest BCUT2D eigenvalue weighted by atomic mass is 16.5. The summed E-state index contributed by atoms with van der Waals surface area (Å²) in [6, 6.07) is 2.64. The van der Waals surface area contributed by atoms with Crippen LogP contribution in [0.1, 0.15) is 44.8 Å². The van der Waals surface area contributed by atoms with E-state index in [1.54, 1.807) is 7.11 Å². The number of methoxy groups -OCH3 is 1. The normalized spacial score (nSPS) is 11.3. The van der Waals surface area contributed by atoms with Crippen molar-refractivity contribution in [1.29, 1.82) is 0 Å². The second kappa shape index (κ2) is 8.25. The fraction of sp³-hybridized carbons (Fsp3) is 0.769.